The van der Waals surface area contributed by atoms with Gasteiger partial charge < -0.3 is 18.9 Å². The molecule has 132 valence electrons. The van der Waals surface area contributed by atoms with Crippen molar-refractivity contribution in [1.29, 1.82) is 0 Å². The average molecular weight is 351 g/mol. The van der Waals surface area contributed by atoms with E-state index in [2.05, 4.69) is 10.1 Å². The normalized spacial score (nSPS) is 13.0. The minimum atomic E-state index is -1.85. The summed E-state index contributed by atoms with van der Waals surface area (Å²) in [6.07, 6.45) is -0.126. The highest BCUT2D eigenvalue weighted by Gasteiger charge is 2.49. The van der Waals surface area contributed by atoms with Crippen molar-refractivity contribution in [2.75, 3.05) is 33.0 Å². The molecule has 8 nitrogen and oxygen atoms in total. The number of hydrogen-bond acceptors (Lipinski definition) is 8. The molecular weight excluding hydrogens is 326 g/mol. The molecule has 0 radical (unpaired) electrons. The van der Waals surface area contributed by atoms with Crippen molar-refractivity contribution in [3.8, 4) is 0 Å². The molecular formula is C13H24BClN2O6. The third-order valence-electron chi connectivity index (χ3n) is 2.92. The van der Waals surface area contributed by atoms with E-state index in [1.165, 1.54) is 15.1 Å². The van der Waals surface area contributed by atoms with E-state index >= 15 is 0 Å². The number of hydrogen-bond donors (Lipinski definition) is 0. The van der Waals surface area contributed by atoms with Crippen LogP contribution in [0.4, 0.5) is 0 Å². The van der Waals surface area contributed by atoms with Crippen molar-refractivity contribution < 1.29 is 28.5 Å². The van der Waals surface area contributed by atoms with Crippen LogP contribution in [0.1, 0.15) is 26.7 Å². The molecule has 0 aliphatic heterocycles. The highest BCUT2D eigenvalue weighted by atomic mass is 35.5. The second kappa shape index (κ2) is 12.3. The molecule has 0 amide bonds. The zero-order valence-corrected chi connectivity index (χ0v) is 14.8. The van der Waals surface area contributed by atoms with Crippen molar-refractivity contribution in [3.05, 3.63) is 0 Å². The Morgan fingerprint density at radius 3 is 2.17 bits per heavy atom. The van der Waals surface area contributed by atoms with Gasteiger partial charge in [0.2, 0.25) is 0 Å². The third-order valence-corrected chi connectivity index (χ3v) is 3.26. The molecule has 0 saturated heterocycles. The number of carbonyl (C=O) groups excluding carboxylic acids is 2. The standard InChI is InChI=1S/C13H24BClN2O6/c1-4-21-11(18)13(16-17-14,12(19)22-5-2)7-6-10(8-15)23-9-20-3/h10H,4-9,14H2,1-3H3/t10-/m0/s1. The average Bonchev–Trinajstić information content (AvgIpc) is 2.54. The predicted octanol–water partition coefficient (Wildman–Crippen LogP) is 0.860. The summed E-state index contributed by atoms with van der Waals surface area (Å²) in [5.41, 5.74) is -1.85. The lowest BCUT2D eigenvalue weighted by Crippen LogP contribution is -2.48. The van der Waals surface area contributed by atoms with Crippen LogP contribution < -0.4 is 0 Å². The smallest absolute Gasteiger partial charge is 0.347 e. The first-order valence-electron chi connectivity index (χ1n) is 7.34. The summed E-state index contributed by atoms with van der Waals surface area (Å²) < 4.78 is 20.1. The second-order valence-electron chi connectivity index (χ2n) is 4.49. The van der Waals surface area contributed by atoms with E-state index in [4.69, 9.17) is 30.5 Å². The van der Waals surface area contributed by atoms with Gasteiger partial charge in [0.15, 0.2) is 0 Å². The highest BCUT2D eigenvalue weighted by Crippen LogP contribution is 2.25. The first-order chi connectivity index (χ1) is 11.0. The Bertz CT molecular complexity index is 379. The van der Waals surface area contributed by atoms with Crippen LogP contribution in [0.3, 0.4) is 0 Å². The summed E-state index contributed by atoms with van der Waals surface area (Å²) in [5.74, 6) is -1.43. The van der Waals surface area contributed by atoms with Gasteiger partial charge in [0.05, 0.1) is 19.3 Å². The van der Waals surface area contributed by atoms with Gasteiger partial charge in [-0.1, -0.05) is 0 Å². The van der Waals surface area contributed by atoms with E-state index in [0.29, 0.717) is 0 Å². The highest BCUT2D eigenvalue weighted by molar-refractivity contribution is 6.18. The first-order valence-corrected chi connectivity index (χ1v) is 7.87. The minimum absolute atomic E-state index is 0.00308. The van der Waals surface area contributed by atoms with Crippen LogP contribution in [-0.2, 0) is 28.5 Å². The van der Waals surface area contributed by atoms with Crippen molar-refractivity contribution in [2.24, 2.45) is 10.1 Å². The molecule has 0 rings (SSSR count). The fraction of sp³-hybridized carbons (Fsp3) is 0.846. The second-order valence-corrected chi connectivity index (χ2v) is 4.80. The molecule has 0 unspecified atom stereocenters. The number of halogens is 1. The molecule has 0 aromatic heterocycles. The number of ether oxygens (including phenoxy) is 4. The zero-order valence-electron chi connectivity index (χ0n) is 14.0. The van der Waals surface area contributed by atoms with Crippen LogP contribution in [0, 0.1) is 0 Å². The SMILES string of the molecule is BN=NC(CC[C@@H](CCl)OCOC)(C(=O)OCC)C(=O)OCC. The Hall–Kier alpha value is -1.19. The fourth-order valence-corrected chi connectivity index (χ4v) is 2.07. The Morgan fingerprint density at radius 2 is 1.78 bits per heavy atom. The first kappa shape index (κ1) is 21.8. The maximum Gasteiger partial charge on any atom is 0.347 e. The molecule has 10 heteroatoms. The number of rotatable bonds is 12. The van der Waals surface area contributed by atoms with Crippen LogP contribution in [0.25, 0.3) is 0 Å². The maximum absolute atomic E-state index is 12.3. The third kappa shape index (κ3) is 6.84. The van der Waals surface area contributed by atoms with Crippen LogP contribution in [0.15, 0.2) is 10.1 Å². The summed E-state index contributed by atoms with van der Waals surface area (Å²) in [6.45, 7) is 3.55. The molecule has 0 bridgehead atoms. The minimum Gasteiger partial charge on any atom is -0.464 e. The van der Waals surface area contributed by atoms with Gasteiger partial charge in [-0.2, -0.15) is 5.11 Å². The van der Waals surface area contributed by atoms with Crippen LogP contribution in [-0.4, -0.2) is 64.6 Å². The Morgan fingerprint density at radius 1 is 1.22 bits per heavy atom. The van der Waals surface area contributed by atoms with Crippen LogP contribution in [0.2, 0.25) is 0 Å². The Balaban J connectivity index is 5.29. The van der Waals surface area contributed by atoms with Gasteiger partial charge in [-0.05, 0) is 26.7 Å². The van der Waals surface area contributed by atoms with Crippen molar-refractivity contribution in [2.45, 2.75) is 38.3 Å². The van der Waals surface area contributed by atoms with Gasteiger partial charge in [0, 0.05) is 13.0 Å². The molecule has 0 aromatic rings. The molecule has 0 aromatic carbocycles. The summed E-state index contributed by atoms with van der Waals surface area (Å²) >= 11 is 5.82. The maximum atomic E-state index is 12.3. The summed E-state index contributed by atoms with van der Waals surface area (Å²) in [4.78, 5) is 24.6. The summed E-state index contributed by atoms with van der Waals surface area (Å²) in [7, 11) is 2.85. The molecule has 0 aliphatic rings. The lowest BCUT2D eigenvalue weighted by Gasteiger charge is -2.26. The molecule has 0 aliphatic carbocycles. The van der Waals surface area contributed by atoms with Crippen molar-refractivity contribution in [1.82, 2.24) is 0 Å². The zero-order chi connectivity index (χ0) is 17.7. The van der Waals surface area contributed by atoms with E-state index in [1.54, 1.807) is 13.8 Å². The van der Waals surface area contributed by atoms with Gasteiger partial charge in [-0.3, -0.25) is 5.03 Å². The van der Waals surface area contributed by atoms with E-state index < -0.39 is 23.6 Å². The van der Waals surface area contributed by atoms with E-state index in [-0.39, 0.29) is 38.7 Å². The molecule has 0 N–H and O–H groups in total. The molecule has 23 heavy (non-hydrogen) atoms. The molecule has 0 spiro atoms. The monoisotopic (exact) mass is 350 g/mol. The largest absolute Gasteiger partial charge is 0.464 e. The number of carbonyl (C=O) groups is 2. The Labute approximate surface area is 142 Å². The fourth-order valence-electron chi connectivity index (χ4n) is 1.83. The number of esters is 2. The topological polar surface area (TPSA) is 95.8 Å². The van der Waals surface area contributed by atoms with Gasteiger partial charge in [0.1, 0.15) is 6.79 Å². The molecule has 0 fully saturated rings. The lowest BCUT2D eigenvalue weighted by atomic mass is 9.93. The molecule has 0 heterocycles. The summed E-state index contributed by atoms with van der Waals surface area (Å²) in [6, 6.07) is 0. The Kier molecular flexibility index (Phi) is 11.6. The quantitative estimate of drug-likeness (QED) is 0.129. The summed E-state index contributed by atoms with van der Waals surface area (Å²) in [5, 5.41) is 7.43. The number of nitrogens with zero attached hydrogens (tertiary/aromatic N) is 2. The van der Waals surface area contributed by atoms with Gasteiger partial charge >= 0.3 is 11.9 Å². The molecule has 1 atom stereocenters. The van der Waals surface area contributed by atoms with E-state index in [0.717, 1.165) is 0 Å². The van der Waals surface area contributed by atoms with Crippen molar-refractivity contribution >= 4 is 31.5 Å². The van der Waals surface area contributed by atoms with Gasteiger partial charge in [0.25, 0.3) is 13.5 Å². The van der Waals surface area contributed by atoms with E-state index in [1.807, 2.05) is 0 Å². The number of alkyl halides is 1. The van der Waals surface area contributed by atoms with Crippen LogP contribution >= 0.6 is 11.6 Å². The van der Waals surface area contributed by atoms with Gasteiger partial charge in [-0.15, -0.1) is 11.6 Å². The predicted molar refractivity (Wildman–Crippen MR) is 86.1 cm³/mol. The van der Waals surface area contributed by atoms with Crippen LogP contribution in [0.5, 0.6) is 0 Å². The van der Waals surface area contributed by atoms with Gasteiger partial charge in [-0.25, -0.2) is 9.59 Å². The number of methoxy groups -OCH3 is 1. The van der Waals surface area contributed by atoms with E-state index in [9.17, 15) is 9.59 Å². The van der Waals surface area contributed by atoms with Crippen molar-refractivity contribution in [3.63, 3.8) is 0 Å². The lowest BCUT2D eigenvalue weighted by molar-refractivity contribution is -0.165. The molecule has 0 saturated carbocycles.